The zero-order valence-corrected chi connectivity index (χ0v) is 14.9. The molecule has 142 valence electrons. The van der Waals surface area contributed by atoms with Crippen molar-refractivity contribution in [1.29, 1.82) is 0 Å². The van der Waals surface area contributed by atoms with Crippen LogP contribution in [0.4, 0.5) is 9.18 Å². The van der Waals surface area contributed by atoms with E-state index in [0.717, 1.165) is 10.8 Å². The van der Waals surface area contributed by atoms with Crippen LogP contribution in [-0.4, -0.2) is 18.5 Å². The molecule has 0 bridgehead atoms. The molecule has 7 heteroatoms. The van der Waals surface area contributed by atoms with Gasteiger partial charge in [0.25, 0.3) is 5.91 Å². The topological polar surface area (TPSA) is 79.5 Å². The van der Waals surface area contributed by atoms with E-state index in [4.69, 9.17) is 4.74 Å². The fraction of sp³-hybridized carbons (Fsp3) is 0.143. The van der Waals surface area contributed by atoms with Crippen LogP contribution in [0.5, 0.6) is 5.75 Å². The lowest BCUT2D eigenvalue weighted by Gasteiger charge is -2.26. The number of hydrazine groups is 1. The molecule has 3 aromatic carbocycles. The van der Waals surface area contributed by atoms with Crippen LogP contribution in [0.2, 0.25) is 0 Å². The molecule has 3 aromatic rings. The molecular weight excluding hydrogens is 361 g/mol. The number of rotatable bonds is 2. The molecule has 1 heterocycles. The average Bonchev–Trinajstić information content (AvgIpc) is 2.72. The van der Waals surface area contributed by atoms with Crippen LogP contribution in [0, 0.1) is 5.82 Å². The highest BCUT2D eigenvalue weighted by atomic mass is 19.1. The number of carbonyl (C=O) groups is 2. The third kappa shape index (κ3) is 3.73. The normalized spacial score (nSPS) is 15.2. The standard InChI is InChI=1S/C21H18FN3O3/c22-16-7-8-19-17(12-16)18(9-10-28-19)23-21(27)25-24-20(26)15-6-5-13-3-1-2-4-14(13)11-15/h1-8,11-12,18H,9-10H2,(H,24,26)(H2,23,25,27). The summed E-state index contributed by atoms with van der Waals surface area (Å²) in [5.41, 5.74) is 5.72. The largest absolute Gasteiger partial charge is 0.493 e. The molecule has 0 saturated heterocycles. The molecule has 1 unspecified atom stereocenters. The number of amides is 3. The molecule has 0 aliphatic carbocycles. The van der Waals surface area contributed by atoms with Gasteiger partial charge in [-0.1, -0.05) is 30.3 Å². The molecule has 6 nitrogen and oxygen atoms in total. The van der Waals surface area contributed by atoms with E-state index in [0.29, 0.717) is 29.9 Å². The zero-order valence-electron chi connectivity index (χ0n) is 14.9. The lowest BCUT2D eigenvalue weighted by atomic mass is 10.0. The summed E-state index contributed by atoms with van der Waals surface area (Å²) >= 11 is 0. The second kappa shape index (κ2) is 7.56. The summed E-state index contributed by atoms with van der Waals surface area (Å²) in [5.74, 6) is -0.293. The zero-order chi connectivity index (χ0) is 19.5. The number of hydrogen-bond acceptors (Lipinski definition) is 3. The van der Waals surface area contributed by atoms with Crippen molar-refractivity contribution in [3.05, 3.63) is 77.6 Å². The minimum Gasteiger partial charge on any atom is -0.493 e. The maximum absolute atomic E-state index is 13.5. The number of urea groups is 1. The Morgan fingerprint density at radius 2 is 1.79 bits per heavy atom. The lowest BCUT2D eigenvalue weighted by molar-refractivity contribution is 0.0935. The summed E-state index contributed by atoms with van der Waals surface area (Å²) in [7, 11) is 0. The quantitative estimate of drug-likeness (QED) is 0.597. The van der Waals surface area contributed by atoms with Crippen molar-refractivity contribution in [1.82, 2.24) is 16.2 Å². The highest BCUT2D eigenvalue weighted by Crippen LogP contribution is 2.32. The second-order valence-corrected chi connectivity index (χ2v) is 6.49. The van der Waals surface area contributed by atoms with E-state index < -0.39 is 23.8 Å². The number of ether oxygens (including phenoxy) is 1. The van der Waals surface area contributed by atoms with Gasteiger partial charge in [-0.25, -0.2) is 14.6 Å². The van der Waals surface area contributed by atoms with Crippen LogP contribution in [0.1, 0.15) is 28.4 Å². The van der Waals surface area contributed by atoms with E-state index in [1.54, 1.807) is 12.1 Å². The van der Waals surface area contributed by atoms with Crippen molar-refractivity contribution < 1.29 is 18.7 Å². The molecule has 1 aliphatic heterocycles. The first-order valence-corrected chi connectivity index (χ1v) is 8.88. The predicted octanol–water partition coefficient (Wildman–Crippen LogP) is 3.45. The Hall–Kier alpha value is -3.61. The van der Waals surface area contributed by atoms with Crippen molar-refractivity contribution in [2.24, 2.45) is 0 Å². The van der Waals surface area contributed by atoms with Gasteiger partial charge >= 0.3 is 6.03 Å². The number of hydrogen-bond donors (Lipinski definition) is 3. The molecule has 0 saturated carbocycles. The Labute approximate surface area is 160 Å². The van der Waals surface area contributed by atoms with Crippen LogP contribution >= 0.6 is 0 Å². The maximum atomic E-state index is 13.5. The highest BCUT2D eigenvalue weighted by molar-refractivity contribution is 5.99. The molecule has 0 aromatic heterocycles. The summed E-state index contributed by atoms with van der Waals surface area (Å²) in [6.07, 6.45) is 0.502. The first kappa shape index (κ1) is 17.8. The Balaban J connectivity index is 1.38. The van der Waals surface area contributed by atoms with Gasteiger partial charge in [0.1, 0.15) is 11.6 Å². The monoisotopic (exact) mass is 379 g/mol. The lowest BCUT2D eigenvalue weighted by Crippen LogP contribution is -2.48. The van der Waals surface area contributed by atoms with Gasteiger partial charge in [0.05, 0.1) is 12.6 Å². The van der Waals surface area contributed by atoms with Crippen LogP contribution in [0.3, 0.4) is 0 Å². The van der Waals surface area contributed by atoms with E-state index in [1.165, 1.54) is 18.2 Å². The SMILES string of the molecule is O=C(NNC(=O)c1ccc2ccccc2c1)NC1CCOc2ccc(F)cc21. The summed E-state index contributed by atoms with van der Waals surface area (Å²) in [5, 5.41) is 4.68. The van der Waals surface area contributed by atoms with Gasteiger partial charge in [-0.2, -0.15) is 0 Å². The summed E-state index contributed by atoms with van der Waals surface area (Å²) in [6.45, 7) is 0.410. The van der Waals surface area contributed by atoms with Gasteiger partial charge in [0, 0.05) is 17.5 Å². The fourth-order valence-corrected chi connectivity index (χ4v) is 3.23. The third-order valence-corrected chi connectivity index (χ3v) is 4.62. The van der Waals surface area contributed by atoms with Crippen LogP contribution in [-0.2, 0) is 0 Å². The van der Waals surface area contributed by atoms with Crippen molar-refractivity contribution in [2.75, 3.05) is 6.61 Å². The van der Waals surface area contributed by atoms with Crippen LogP contribution in [0.25, 0.3) is 10.8 Å². The Bertz CT molecular complexity index is 1050. The minimum absolute atomic E-state index is 0.402. The first-order valence-electron chi connectivity index (χ1n) is 8.88. The van der Waals surface area contributed by atoms with Gasteiger partial charge in [-0.05, 0) is 41.1 Å². The third-order valence-electron chi connectivity index (χ3n) is 4.62. The van der Waals surface area contributed by atoms with Crippen molar-refractivity contribution >= 4 is 22.7 Å². The van der Waals surface area contributed by atoms with E-state index in [-0.39, 0.29) is 0 Å². The number of nitrogens with one attached hydrogen (secondary N) is 3. The van der Waals surface area contributed by atoms with Gasteiger partial charge in [0.15, 0.2) is 0 Å². The summed E-state index contributed by atoms with van der Waals surface area (Å²) in [6, 6.07) is 16.2. The molecule has 4 rings (SSSR count). The molecule has 0 radical (unpaired) electrons. The van der Waals surface area contributed by atoms with Crippen molar-refractivity contribution in [3.63, 3.8) is 0 Å². The minimum atomic E-state index is -0.587. The van der Waals surface area contributed by atoms with E-state index in [1.807, 2.05) is 30.3 Å². The van der Waals surface area contributed by atoms with Crippen molar-refractivity contribution in [3.8, 4) is 5.75 Å². The summed E-state index contributed by atoms with van der Waals surface area (Å²) in [4.78, 5) is 24.5. The number of benzene rings is 3. The molecular formula is C21H18FN3O3. The first-order chi connectivity index (χ1) is 13.6. The van der Waals surface area contributed by atoms with E-state index >= 15 is 0 Å². The van der Waals surface area contributed by atoms with E-state index in [9.17, 15) is 14.0 Å². The van der Waals surface area contributed by atoms with Gasteiger partial charge in [-0.3, -0.25) is 10.2 Å². The Morgan fingerprint density at radius 3 is 2.64 bits per heavy atom. The Kier molecular flexibility index (Phi) is 4.80. The molecule has 0 fully saturated rings. The van der Waals surface area contributed by atoms with Gasteiger partial charge < -0.3 is 10.1 Å². The average molecular weight is 379 g/mol. The smallest absolute Gasteiger partial charge is 0.333 e. The van der Waals surface area contributed by atoms with Gasteiger partial charge in [-0.15, -0.1) is 0 Å². The second-order valence-electron chi connectivity index (χ2n) is 6.49. The summed E-state index contributed by atoms with van der Waals surface area (Å²) < 4.78 is 19.0. The number of carbonyl (C=O) groups excluding carboxylic acids is 2. The molecule has 3 N–H and O–H groups in total. The molecule has 3 amide bonds. The van der Waals surface area contributed by atoms with Gasteiger partial charge in [0.2, 0.25) is 0 Å². The maximum Gasteiger partial charge on any atom is 0.333 e. The van der Waals surface area contributed by atoms with Crippen LogP contribution < -0.4 is 20.9 Å². The fourth-order valence-electron chi connectivity index (χ4n) is 3.23. The predicted molar refractivity (Wildman–Crippen MR) is 102 cm³/mol. The number of fused-ring (bicyclic) bond motifs is 2. The number of halogens is 1. The molecule has 28 heavy (non-hydrogen) atoms. The highest BCUT2D eigenvalue weighted by Gasteiger charge is 2.23. The molecule has 1 aliphatic rings. The molecule has 1 atom stereocenters. The van der Waals surface area contributed by atoms with E-state index in [2.05, 4.69) is 16.2 Å². The Morgan fingerprint density at radius 1 is 0.964 bits per heavy atom. The molecule has 0 spiro atoms. The van der Waals surface area contributed by atoms with Crippen LogP contribution in [0.15, 0.2) is 60.7 Å². The van der Waals surface area contributed by atoms with Crippen molar-refractivity contribution in [2.45, 2.75) is 12.5 Å².